The minimum Gasteiger partial charge on any atom is -0.457 e. The average molecular weight is 645 g/mol. The van der Waals surface area contributed by atoms with Gasteiger partial charge in [0.2, 0.25) is 0 Å². The lowest BCUT2D eigenvalue weighted by Gasteiger charge is -2.40. The lowest BCUT2D eigenvalue weighted by Crippen LogP contribution is -2.59. The van der Waals surface area contributed by atoms with Gasteiger partial charge < -0.3 is 23.8 Å². The fourth-order valence-electron chi connectivity index (χ4n) is 4.77. The Labute approximate surface area is 253 Å². The van der Waals surface area contributed by atoms with Crippen LogP contribution in [0.2, 0.25) is 0 Å². The van der Waals surface area contributed by atoms with Crippen molar-refractivity contribution in [1.82, 2.24) is 10.4 Å². The molecule has 2 aromatic rings. The fourth-order valence-corrected chi connectivity index (χ4v) is 6.72. The molecule has 0 aliphatic carbocycles. The van der Waals surface area contributed by atoms with Crippen molar-refractivity contribution in [3.8, 4) is 17.2 Å². The van der Waals surface area contributed by atoms with Gasteiger partial charge in [0.1, 0.15) is 22.8 Å². The number of benzene rings is 2. The number of alkyl halides is 3. The predicted molar refractivity (Wildman–Crippen MR) is 149 cm³/mol. The molecule has 1 unspecified atom stereocenters. The third-order valence-corrected chi connectivity index (χ3v) is 9.51. The molecule has 2 amide bonds. The number of rotatable bonds is 8. The van der Waals surface area contributed by atoms with Gasteiger partial charge in [-0.1, -0.05) is 0 Å². The highest BCUT2D eigenvalue weighted by Crippen LogP contribution is 2.38. The van der Waals surface area contributed by atoms with Crippen molar-refractivity contribution >= 4 is 21.8 Å². The molecule has 2 heterocycles. The van der Waals surface area contributed by atoms with Crippen LogP contribution in [0.5, 0.6) is 17.2 Å². The molecule has 0 aromatic heterocycles. The van der Waals surface area contributed by atoms with Crippen LogP contribution in [0.15, 0.2) is 53.4 Å². The van der Waals surface area contributed by atoms with E-state index in [1.54, 1.807) is 20.8 Å². The Morgan fingerprint density at radius 1 is 0.932 bits per heavy atom. The second-order valence-electron chi connectivity index (χ2n) is 11.4. The van der Waals surface area contributed by atoms with Gasteiger partial charge in [-0.05, 0) is 95.0 Å². The van der Waals surface area contributed by atoms with Crippen LogP contribution >= 0.6 is 0 Å². The third-order valence-electron chi connectivity index (χ3n) is 7.00. The van der Waals surface area contributed by atoms with Crippen molar-refractivity contribution < 1.29 is 55.0 Å². The van der Waals surface area contributed by atoms with E-state index in [4.69, 9.17) is 19.0 Å². The summed E-state index contributed by atoms with van der Waals surface area (Å²) in [4.78, 5) is 32.9. The Morgan fingerprint density at radius 2 is 1.50 bits per heavy atom. The Bertz CT molecular complexity index is 1400. The monoisotopic (exact) mass is 644 g/mol. The van der Waals surface area contributed by atoms with Gasteiger partial charge in [-0.3, -0.25) is 4.79 Å². The SMILES string of the molecule is CC(C)(C)OC(=O)N1CCC(C(=O)NOC2CCCCO2)(S(=O)(=O)c2ccc(Oc3ccc(OC(F)(F)F)cc3)cc2)CC1. The molecule has 2 fully saturated rings. The van der Waals surface area contributed by atoms with E-state index in [1.807, 2.05) is 0 Å². The Morgan fingerprint density at radius 3 is 2.02 bits per heavy atom. The van der Waals surface area contributed by atoms with E-state index < -0.39 is 50.6 Å². The summed E-state index contributed by atoms with van der Waals surface area (Å²) in [6, 6.07) is 9.95. The topological polar surface area (TPSA) is 130 Å². The predicted octanol–water partition coefficient (Wildman–Crippen LogP) is 5.50. The van der Waals surface area contributed by atoms with Crippen LogP contribution in [0.25, 0.3) is 0 Å². The highest BCUT2D eigenvalue weighted by molar-refractivity contribution is 7.93. The minimum absolute atomic E-state index is 0.0588. The first kappa shape index (κ1) is 33.3. The molecule has 0 bridgehead atoms. The summed E-state index contributed by atoms with van der Waals surface area (Å²) in [6.07, 6.45) is -4.39. The molecule has 2 aliphatic heterocycles. The minimum atomic E-state index is -4.83. The number of hydrogen-bond acceptors (Lipinski definition) is 9. The quantitative estimate of drug-likeness (QED) is 0.371. The van der Waals surface area contributed by atoms with Crippen molar-refractivity contribution in [2.24, 2.45) is 0 Å². The molecule has 11 nitrogen and oxygen atoms in total. The second kappa shape index (κ2) is 13.2. The molecule has 2 saturated heterocycles. The van der Waals surface area contributed by atoms with Gasteiger partial charge in [-0.15, -0.1) is 13.2 Å². The maximum absolute atomic E-state index is 14.1. The first-order valence-corrected chi connectivity index (χ1v) is 15.5. The standard InChI is InChI=1S/C29H35F3N2O9S/c1-27(2,3)42-26(36)34-17-15-28(16-18-34,25(35)33-43-24-6-4-5-19-39-24)44(37,38)23-13-11-21(12-14-23)40-20-7-9-22(10-8-20)41-29(30,31)32/h7-14,24H,4-6,15-19H2,1-3H3,(H,33,35). The number of piperidine rings is 1. The van der Waals surface area contributed by atoms with Crippen molar-refractivity contribution in [2.45, 2.75) is 80.8 Å². The molecule has 2 aromatic carbocycles. The summed E-state index contributed by atoms with van der Waals surface area (Å²) in [7, 11) is -4.36. The molecule has 1 N–H and O–H groups in total. The maximum atomic E-state index is 14.1. The zero-order valence-electron chi connectivity index (χ0n) is 24.5. The lowest BCUT2D eigenvalue weighted by molar-refractivity contribution is -0.274. The van der Waals surface area contributed by atoms with Crippen LogP contribution in [-0.2, 0) is 28.9 Å². The Kier molecular flexibility index (Phi) is 10.0. The van der Waals surface area contributed by atoms with E-state index in [0.717, 1.165) is 25.0 Å². The molecule has 2 aliphatic rings. The zero-order valence-corrected chi connectivity index (χ0v) is 25.3. The largest absolute Gasteiger partial charge is 0.573 e. The van der Waals surface area contributed by atoms with E-state index in [2.05, 4.69) is 10.2 Å². The number of ether oxygens (including phenoxy) is 4. The first-order valence-electron chi connectivity index (χ1n) is 14.0. The van der Waals surface area contributed by atoms with Crippen molar-refractivity contribution in [3.63, 3.8) is 0 Å². The fraction of sp³-hybridized carbons (Fsp3) is 0.517. The molecule has 0 radical (unpaired) electrons. The van der Waals surface area contributed by atoms with Crippen LogP contribution in [0.1, 0.15) is 52.9 Å². The first-order chi connectivity index (χ1) is 20.6. The van der Waals surface area contributed by atoms with Gasteiger partial charge >= 0.3 is 12.5 Å². The van der Waals surface area contributed by atoms with Gasteiger partial charge in [-0.25, -0.2) is 23.5 Å². The molecule has 1 atom stereocenters. The van der Waals surface area contributed by atoms with Gasteiger partial charge in [0.05, 0.1) is 4.90 Å². The summed E-state index contributed by atoms with van der Waals surface area (Å²) >= 11 is 0. The number of sulfone groups is 1. The number of hydroxylamine groups is 1. The van der Waals surface area contributed by atoms with Crippen LogP contribution in [0.3, 0.4) is 0 Å². The molecule has 242 valence electrons. The molecule has 4 rings (SSSR count). The number of nitrogens with zero attached hydrogens (tertiary/aromatic N) is 1. The smallest absolute Gasteiger partial charge is 0.457 e. The van der Waals surface area contributed by atoms with E-state index >= 15 is 0 Å². The van der Waals surface area contributed by atoms with E-state index in [1.165, 1.54) is 41.3 Å². The number of hydrogen-bond donors (Lipinski definition) is 1. The second-order valence-corrected chi connectivity index (χ2v) is 13.7. The molecule has 0 spiro atoms. The van der Waals surface area contributed by atoms with E-state index in [-0.39, 0.29) is 42.3 Å². The lowest BCUT2D eigenvalue weighted by atomic mass is 9.95. The third kappa shape index (κ3) is 8.33. The normalized spacial score (nSPS) is 19.1. The number of amides is 2. The molecule has 15 heteroatoms. The van der Waals surface area contributed by atoms with Crippen LogP contribution in [-0.4, -0.2) is 68.0 Å². The van der Waals surface area contributed by atoms with Crippen LogP contribution in [0.4, 0.5) is 18.0 Å². The van der Waals surface area contributed by atoms with Crippen molar-refractivity contribution in [2.75, 3.05) is 19.7 Å². The van der Waals surface area contributed by atoms with Gasteiger partial charge in [0, 0.05) is 26.1 Å². The van der Waals surface area contributed by atoms with Crippen molar-refractivity contribution in [3.05, 3.63) is 48.5 Å². The molecule has 44 heavy (non-hydrogen) atoms. The van der Waals surface area contributed by atoms with Crippen LogP contribution in [0, 0.1) is 0 Å². The number of likely N-dealkylation sites (tertiary alicyclic amines) is 1. The van der Waals surface area contributed by atoms with Gasteiger partial charge in [0.15, 0.2) is 20.9 Å². The zero-order chi connectivity index (χ0) is 32.2. The summed E-state index contributed by atoms with van der Waals surface area (Å²) < 4.78 is 83.8. The molecule has 0 saturated carbocycles. The van der Waals surface area contributed by atoms with Crippen LogP contribution < -0.4 is 15.0 Å². The summed E-state index contributed by atoms with van der Waals surface area (Å²) in [5, 5.41) is 0. The maximum Gasteiger partial charge on any atom is 0.573 e. The number of carbonyl (C=O) groups is 2. The molecular formula is C29H35F3N2O9S. The van der Waals surface area contributed by atoms with E-state index in [9.17, 15) is 31.2 Å². The number of nitrogens with one attached hydrogen (secondary N) is 1. The Hall–Kier alpha value is -3.56. The summed E-state index contributed by atoms with van der Waals surface area (Å²) in [6.45, 7) is 5.48. The highest BCUT2D eigenvalue weighted by atomic mass is 32.2. The van der Waals surface area contributed by atoms with Crippen molar-refractivity contribution in [1.29, 1.82) is 0 Å². The highest BCUT2D eigenvalue weighted by Gasteiger charge is 2.54. The Balaban J connectivity index is 1.52. The number of halogens is 3. The summed E-state index contributed by atoms with van der Waals surface area (Å²) in [5.74, 6) is -0.921. The number of carbonyl (C=O) groups excluding carboxylic acids is 2. The van der Waals surface area contributed by atoms with E-state index in [0.29, 0.717) is 13.0 Å². The van der Waals surface area contributed by atoms with Gasteiger partial charge in [-0.2, -0.15) is 0 Å². The van der Waals surface area contributed by atoms with Gasteiger partial charge in [0.25, 0.3) is 5.91 Å². The summed E-state index contributed by atoms with van der Waals surface area (Å²) in [5.41, 5.74) is 1.54. The average Bonchev–Trinajstić information content (AvgIpc) is 2.96. The molecular weight excluding hydrogens is 609 g/mol.